The molecule has 1 N–H and O–H groups in total. The highest BCUT2D eigenvalue weighted by Crippen LogP contribution is 2.48. The Kier molecular flexibility index (Phi) is 10.9. The Morgan fingerprint density at radius 1 is 0.865 bits per heavy atom. The number of aryl methyl sites for hydroxylation is 1. The summed E-state index contributed by atoms with van der Waals surface area (Å²) in [6.45, 7) is 2.59. The molecule has 0 radical (unpaired) electrons. The number of aliphatic hydroxyl groups is 1. The normalized spacial score (nSPS) is 13.5. The minimum Gasteiger partial charge on any atom is -0.489 e. The highest BCUT2D eigenvalue weighted by atomic mass is 19.3. The van der Waals surface area contributed by atoms with E-state index >= 15 is 8.78 Å². The van der Waals surface area contributed by atoms with Gasteiger partial charge in [-0.05, 0) is 83.6 Å². The van der Waals surface area contributed by atoms with Gasteiger partial charge in [0, 0.05) is 46.7 Å². The molecule has 0 spiro atoms. The minimum atomic E-state index is -4.02. The van der Waals surface area contributed by atoms with Gasteiger partial charge < -0.3 is 14.6 Å². The van der Waals surface area contributed by atoms with E-state index in [4.69, 9.17) is 9.47 Å². The van der Waals surface area contributed by atoms with Crippen molar-refractivity contribution in [1.29, 1.82) is 0 Å². The van der Waals surface area contributed by atoms with Crippen LogP contribution in [0.15, 0.2) is 108 Å². The first-order valence-electron chi connectivity index (χ1n) is 16.6. The van der Waals surface area contributed by atoms with Gasteiger partial charge >= 0.3 is 5.92 Å². The van der Waals surface area contributed by atoms with Gasteiger partial charge in [-0.2, -0.15) is 13.9 Å². The summed E-state index contributed by atoms with van der Waals surface area (Å²) in [6.07, 6.45) is 6.01. The molecule has 0 saturated carbocycles. The van der Waals surface area contributed by atoms with Gasteiger partial charge in [0.05, 0.1) is 24.6 Å². The van der Waals surface area contributed by atoms with Gasteiger partial charge in [0.25, 0.3) is 6.34 Å². The Balaban J connectivity index is 1.10. The van der Waals surface area contributed by atoms with Crippen molar-refractivity contribution in [2.24, 2.45) is 10.3 Å². The van der Waals surface area contributed by atoms with Crippen molar-refractivity contribution < 1.29 is 36.8 Å². The van der Waals surface area contributed by atoms with Crippen LogP contribution >= 0.6 is 0 Å². The van der Waals surface area contributed by atoms with E-state index in [1.165, 1.54) is 18.2 Å². The van der Waals surface area contributed by atoms with Crippen LogP contribution in [-0.4, -0.2) is 46.2 Å². The Morgan fingerprint density at radius 3 is 2.23 bits per heavy atom. The molecule has 1 aliphatic rings. The van der Waals surface area contributed by atoms with E-state index in [0.29, 0.717) is 42.7 Å². The van der Waals surface area contributed by atoms with E-state index < -0.39 is 40.8 Å². The summed E-state index contributed by atoms with van der Waals surface area (Å²) in [5.41, 5.74) is 0.255. The molecule has 5 aromatic rings. The molecule has 0 bridgehead atoms. The average Bonchev–Trinajstić information content (AvgIpc) is 3.58. The molecule has 52 heavy (non-hydrogen) atoms. The van der Waals surface area contributed by atoms with Crippen molar-refractivity contribution >= 4 is 6.34 Å². The molecule has 0 aliphatic carbocycles. The zero-order chi connectivity index (χ0) is 36.7. The van der Waals surface area contributed by atoms with Gasteiger partial charge in [0.1, 0.15) is 30.5 Å². The van der Waals surface area contributed by atoms with Crippen molar-refractivity contribution in [1.82, 2.24) is 9.78 Å². The van der Waals surface area contributed by atoms with Crippen molar-refractivity contribution in [3.8, 4) is 17.6 Å². The molecule has 8 nitrogen and oxygen atoms in total. The van der Waals surface area contributed by atoms with Crippen LogP contribution < -0.4 is 4.74 Å². The number of hydrogen-bond acceptors (Lipinski definition) is 6. The fraction of sp³-hybridized carbons (Fsp3) is 0.250. The first-order chi connectivity index (χ1) is 25.1. The van der Waals surface area contributed by atoms with Crippen LogP contribution in [0.5, 0.6) is 5.75 Å². The molecular formula is C40H36F4N5O3+. The molecule has 0 fully saturated rings. The second-order valence-electron chi connectivity index (χ2n) is 12.4. The van der Waals surface area contributed by atoms with Crippen molar-refractivity contribution in [2.45, 2.75) is 44.4 Å². The van der Waals surface area contributed by atoms with E-state index in [9.17, 15) is 13.9 Å². The van der Waals surface area contributed by atoms with Crippen molar-refractivity contribution in [3.63, 3.8) is 0 Å². The van der Waals surface area contributed by atoms with Gasteiger partial charge in [-0.1, -0.05) is 49.1 Å². The summed E-state index contributed by atoms with van der Waals surface area (Å²) in [6, 6.07) is 21.6. The lowest BCUT2D eigenvalue weighted by Gasteiger charge is -2.36. The molecule has 2 heterocycles. The first kappa shape index (κ1) is 36.2. The van der Waals surface area contributed by atoms with Gasteiger partial charge in [-0.15, -0.1) is 4.70 Å². The molecule has 0 amide bonds. The Morgan fingerprint density at radius 2 is 1.56 bits per heavy atom. The third kappa shape index (κ3) is 8.12. The van der Waals surface area contributed by atoms with E-state index in [2.05, 4.69) is 39.4 Å². The Hall–Kier alpha value is -5.64. The van der Waals surface area contributed by atoms with Gasteiger partial charge in [0.15, 0.2) is 5.60 Å². The fourth-order valence-electron chi connectivity index (χ4n) is 5.82. The molecule has 1 aromatic heterocycles. The minimum absolute atomic E-state index is 0.174. The number of methoxy groups -OCH3 is 1. The fourth-order valence-corrected chi connectivity index (χ4v) is 5.82. The summed E-state index contributed by atoms with van der Waals surface area (Å²) in [4.78, 5) is 0. The van der Waals surface area contributed by atoms with Crippen LogP contribution in [0.3, 0.4) is 0 Å². The Labute approximate surface area is 298 Å². The molecule has 266 valence electrons. The number of β-amino-alcohol motifs (C(OH)–C–C–N with tert-alkyl or cyclic N) is 1. The maximum atomic E-state index is 16.4. The first-order valence-corrected chi connectivity index (χ1v) is 16.6. The number of ether oxygens (including phenoxy) is 2. The average molecular weight is 711 g/mol. The predicted molar refractivity (Wildman–Crippen MR) is 186 cm³/mol. The summed E-state index contributed by atoms with van der Waals surface area (Å²) < 4.78 is 75.3. The summed E-state index contributed by atoms with van der Waals surface area (Å²) >= 11 is 0. The largest absolute Gasteiger partial charge is 0.489 e. The quantitative estimate of drug-likeness (QED) is 0.0743. The number of benzene rings is 4. The number of nitrogens with zero attached hydrogens (tertiary/aromatic N) is 5. The van der Waals surface area contributed by atoms with Crippen LogP contribution in [-0.2, 0) is 42.3 Å². The van der Waals surface area contributed by atoms with Crippen molar-refractivity contribution in [3.05, 3.63) is 153 Å². The maximum Gasteiger partial charge on any atom is 0.309 e. The zero-order valence-corrected chi connectivity index (χ0v) is 28.6. The van der Waals surface area contributed by atoms with E-state index in [1.807, 2.05) is 41.3 Å². The summed E-state index contributed by atoms with van der Waals surface area (Å²) in [5.74, 6) is 0.433. The lowest BCUT2D eigenvalue weighted by atomic mass is 9.80. The third-order valence-corrected chi connectivity index (χ3v) is 8.72. The highest BCUT2D eigenvalue weighted by Gasteiger charge is 2.59. The standard InChI is InChI=1S/C40H36F4N5O3/c1-3-33-20-29(12-16-36(33)40(43,44)39(50,26-49-27-45-47-49)37-17-13-34(41)21-38(37)42)5-4-28-10-14-35(15-11-28)52-25-31-8-6-30(7-9-31)23-48-24-32(22-46-48)18-19-51-2/h6-17,20-22,24,27,50H,3,18-19,23,25-26H2,1-2H3/q+1. The number of aromatic nitrogens is 2. The number of halogens is 4. The molecule has 6 rings (SSSR count). The van der Waals surface area contributed by atoms with Crippen LogP contribution in [0.1, 0.15) is 51.4 Å². The third-order valence-electron chi connectivity index (χ3n) is 8.72. The van der Waals surface area contributed by atoms with E-state index in [0.717, 1.165) is 46.3 Å². The zero-order valence-electron chi connectivity index (χ0n) is 28.6. The Bertz CT molecular complexity index is 2150. The molecule has 1 unspecified atom stereocenters. The lowest BCUT2D eigenvalue weighted by Crippen LogP contribution is -2.50. The second-order valence-corrected chi connectivity index (χ2v) is 12.4. The smallest absolute Gasteiger partial charge is 0.309 e. The topological polar surface area (TPSA) is 84.2 Å². The lowest BCUT2D eigenvalue weighted by molar-refractivity contribution is -0.527. The van der Waals surface area contributed by atoms with Crippen LogP contribution in [0.2, 0.25) is 0 Å². The molecule has 1 aliphatic heterocycles. The van der Waals surface area contributed by atoms with Crippen LogP contribution in [0.25, 0.3) is 0 Å². The molecule has 12 heteroatoms. The highest BCUT2D eigenvalue weighted by molar-refractivity contribution is 5.49. The molecule has 0 saturated heterocycles. The van der Waals surface area contributed by atoms with Gasteiger partial charge in [-0.25, -0.2) is 8.78 Å². The predicted octanol–water partition coefficient (Wildman–Crippen LogP) is 7.34. The second kappa shape index (κ2) is 15.7. The molecule has 1 atom stereocenters. The van der Waals surface area contributed by atoms with Gasteiger partial charge in [-0.3, -0.25) is 4.68 Å². The summed E-state index contributed by atoms with van der Waals surface area (Å²) in [5, 5.41) is 23.0. The van der Waals surface area contributed by atoms with Crippen LogP contribution in [0, 0.1) is 23.5 Å². The summed E-state index contributed by atoms with van der Waals surface area (Å²) in [7, 11) is 1.68. The molecular weight excluding hydrogens is 674 g/mol. The van der Waals surface area contributed by atoms with Gasteiger partial charge in [0.2, 0.25) is 0 Å². The maximum absolute atomic E-state index is 16.4. The SMILES string of the molecule is CCc1cc(C#Cc2ccc(OCc3ccc(Cn4cc(CCOC)cn4)cc3)cc2)ccc1C(F)(F)C(O)(C[N+]1=NN=C1)c1ccc(F)cc1F. The van der Waals surface area contributed by atoms with Crippen molar-refractivity contribution in [2.75, 3.05) is 20.3 Å². The monoisotopic (exact) mass is 710 g/mol. The van der Waals surface area contributed by atoms with E-state index in [1.54, 1.807) is 26.2 Å². The van der Waals surface area contributed by atoms with Crippen LogP contribution in [0.4, 0.5) is 17.6 Å². The molecule has 4 aromatic carbocycles. The number of alkyl halides is 2. The number of rotatable bonds is 14. The number of hydrogen-bond donors (Lipinski definition) is 1. The van der Waals surface area contributed by atoms with E-state index in [-0.39, 0.29) is 12.0 Å².